The van der Waals surface area contributed by atoms with Gasteiger partial charge in [0.1, 0.15) is 5.75 Å². The molecule has 3 nitrogen and oxygen atoms in total. The van der Waals surface area contributed by atoms with Crippen LogP contribution in [-0.2, 0) is 11.2 Å². The zero-order chi connectivity index (χ0) is 23.2. The van der Waals surface area contributed by atoms with E-state index in [-0.39, 0.29) is 17.8 Å². The van der Waals surface area contributed by atoms with Crippen molar-refractivity contribution >= 4 is 11.6 Å². The lowest BCUT2D eigenvalue weighted by Gasteiger charge is -2.51. The number of para-hydroxylation sites is 1. The van der Waals surface area contributed by atoms with Crippen molar-refractivity contribution in [2.75, 3.05) is 12.4 Å². The number of rotatable bonds is 5. The molecule has 1 amide bonds. The van der Waals surface area contributed by atoms with Crippen LogP contribution >= 0.6 is 0 Å². The monoisotopic (exact) mass is 453 g/mol. The highest BCUT2D eigenvalue weighted by atomic mass is 19.3. The zero-order valence-corrected chi connectivity index (χ0v) is 19.5. The molecule has 0 saturated heterocycles. The molecule has 5 atom stereocenters. The molecular weight excluding hydrogens is 420 g/mol. The van der Waals surface area contributed by atoms with Gasteiger partial charge in [0.25, 0.3) is 5.91 Å². The maximum absolute atomic E-state index is 15.1. The molecule has 5 rings (SSSR count). The number of alkyl halides is 2. The maximum Gasteiger partial charge on any atom is 0.325 e. The summed E-state index contributed by atoms with van der Waals surface area (Å²) in [6.07, 6.45) is 5.55. The Bertz CT molecular complexity index is 1020. The topological polar surface area (TPSA) is 38.3 Å². The minimum atomic E-state index is -3.37. The molecule has 1 N–H and O–H groups in total. The van der Waals surface area contributed by atoms with Gasteiger partial charge in [-0.05, 0) is 103 Å². The number of methoxy groups -OCH3 is 1. The van der Waals surface area contributed by atoms with E-state index in [9.17, 15) is 4.79 Å². The molecule has 0 aliphatic heterocycles. The molecule has 0 radical (unpaired) electrons. The number of hydrogen-bond acceptors (Lipinski definition) is 2. The first-order valence-electron chi connectivity index (χ1n) is 12.2. The first kappa shape index (κ1) is 22.4. The summed E-state index contributed by atoms with van der Waals surface area (Å²) in [5.74, 6) is -2.27. The first-order chi connectivity index (χ1) is 15.8. The molecule has 176 valence electrons. The molecule has 1 unspecified atom stereocenters. The van der Waals surface area contributed by atoms with E-state index in [1.165, 1.54) is 11.1 Å². The number of fused-ring (bicyclic) bond motifs is 5. The Morgan fingerprint density at radius 3 is 2.67 bits per heavy atom. The van der Waals surface area contributed by atoms with E-state index >= 15 is 8.78 Å². The van der Waals surface area contributed by atoms with Gasteiger partial charge in [-0.1, -0.05) is 31.2 Å². The van der Waals surface area contributed by atoms with Gasteiger partial charge in [-0.3, -0.25) is 4.79 Å². The number of aryl methyl sites for hydroxylation is 1. The summed E-state index contributed by atoms with van der Waals surface area (Å²) >= 11 is 0. The van der Waals surface area contributed by atoms with Crippen molar-refractivity contribution in [3.8, 4) is 5.75 Å². The van der Waals surface area contributed by atoms with Crippen LogP contribution in [-0.4, -0.2) is 18.9 Å². The normalized spacial score (nSPS) is 30.7. The molecular formula is C28H33F2NO2. The average molecular weight is 454 g/mol. The van der Waals surface area contributed by atoms with Crippen molar-refractivity contribution in [2.45, 2.75) is 63.7 Å². The van der Waals surface area contributed by atoms with Gasteiger partial charge in [-0.2, -0.15) is 8.78 Å². The third-order valence-electron chi connectivity index (χ3n) is 9.00. The number of anilines is 1. The molecule has 3 aliphatic carbocycles. The third-order valence-corrected chi connectivity index (χ3v) is 9.00. The van der Waals surface area contributed by atoms with Crippen LogP contribution < -0.4 is 10.1 Å². The first-order valence-corrected chi connectivity index (χ1v) is 12.2. The summed E-state index contributed by atoms with van der Waals surface area (Å²) in [5, 5.41) is 2.41. The number of nitrogens with one attached hydrogen (secondary N) is 1. The van der Waals surface area contributed by atoms with Crippen LogP contribution in [0.5, 0.6) is 5.75 Å². The van der Waals surface area contributed by atoms with Crippen molar-refractivity contribution in [3.63, 3.8) is 0 Å². The highest BCUT2D eigenvalue weighted by Crippen LogP contribution is 2.64. The van der Waals surface area contributed by atoms with E-state index in [0.29, 0.717) is 23.4 Å². The second kappa shape index (κ2) is 8.41. The van der Waals surface area contributed by atoms with Gasteiger partial charge in [0.05, 0.1) is 7.11 Å². The van der Waals surface area contributed by atoms with Crippen molar-refractivity contribution < 1.29 is 18.3 Å². The Morgan fingerprint density at radius 2 is 1.91 bits per heavy atom. The molecule has 2 saturated carbocycles. The zero-order valence-electron chi connectivity index (χ0n) is 19.5. The molecule has 2 aromatic carbocycles. The summed E-state index contributed by atoms with van der Waals surface area (Å²) in [4.78, 5) is 12.4. The number of hydrogen-bond donors (Lipinski definition) is 1. The Balaban J connectivity index is 1.31. The van der Waals surface area contributed by atoms with Crippen LogP contribution in [0.15, 0.2) is 48.5 Å². The molecule has 2 aromatic rings. The lowest BCUT2D eigenvalue weighted by Crippen LogP contribution is -2.45. The van der Waals surface area contributed by atoms with E-state index in [0.717, 1.165) is 44.3 Å². The van der Waals surface area contributed by atoms with Crippen LogP contribution in [0.25, 0.3) is 0 Å². The maximum atomic E-state index is 15.1. The standard InChI is InChI=1S/C28H33F2NO2/c1-27-15-14-23-22-12-10-21(33-2)16-18(22)8-11-24(23)25(27)13-9-19(27)17-28(29,30)26(32)31-20-6-4-3-5-7-20/h3-7,10,12,16,19,23-25H,8-9,11,13-15,17H2,1-2H3,(H,31,32)/t19?,23-,24-,25+,27-/m1/s1. The van der Waals surface area contributed by atoms with E-state index < -0.39 is 11.8 Å². The Kier molecular flexibility index (Phi) is 5.70. The fourth-order valence-electron chi connectivity index (χ4n) is 7.28. The predicted octanol–water partition coefficient (Wildman–Crippen LogP) is 6.83. The van der Waals surface area contributed by atoms with Crippen molar-refractivity contribution in [1.82, 2.24) is 0 Å². The largest absolute Gasteiger partial charge is 0.497 e. The van der Waals surface area contributed by atoms with Crippen LogP contribution in [0.3, 0.4) is 0 Å². The van der Waals surface area contributed by atoms with Crippen molar-refractivity contribution in [3.05, 3.63) is 59.7 Å². The van der Waals surface area contributed by atoms with Crippen LogP contribution in [0.4, 0.5) is 14.5 Å². The van der Waals surface area contributed by atoms with Crippen LogP contribution in [0, 0.1) is 23.2 Å². The van der Waals surface area contributed by atoms with Crippen LogP contribution in [0.1, 0.15) is 62.5 Å². The third kappa shape index (κ3) is 3.94. The second-order valence-electron chi connectivity index (χ2n) is 10.5. The quantitative estimate of drug-likeness (QED) is 0.539. The SMILES string of the molecule is COc1ccc2c(c1)CC[C@@H]1[C@@H]2CC[C@]2(C)C(CC(F)(F)C(=O)Nc3ccccc3)CC[C@@H]12. The van der Waals surface area contributed by atoms with Crippen molar-refractivity contribution in [2.24, 2.45) is 23.2 Å². The minimum absolute atomic E-state index is 0.123. The van der Waals surface area contributed by atoms with Gasteiger partial charge in [0.2, 0.25) is 0 Å². The number of halogens is 2. The Labute approximate surface area is 194 Å². The molecule has 0 heterocycles. The van der Waals surface area contributed by atoms with E-state index in [1.54, 1.807) is 37.4 Å². The summed E-state index contributed by atoms with van der Waals surface area (Å²) in [6.45, 7) is 2.22. The van der Waals surface area contributed by atoms with Gasteiger partial charge >= 0.3 is 5.92 Å². The minimum Gasteiger partial charge on any atom is -0.497 e. The molecule has 5 heteroatoms. The number of amides is 1. The highest BCUT2D eigenvalue weighted by molar-refractivity contribution is 5.96. The van der Waals surface area contributed by atoms with Gasteiger partial charge in [0, 0.05) is 12.1 Å². The molecule has 33 heavy (non-hydrogen) atoms. The van der Waals surface area contributed by atoms with Gasteiger partial charge < -0.3 is 10.1 Å². The highest BCUT2D eigenvalue weighted by Gasteiger charge is 2.57. The smallest absolute Gasteiger partial charge is 0.325 e. The Hall–Kier alpha value is -2.43. The number of carbonyl (C=O) groups excluding carboxylic acids is 1. The molecule has 2 fully saturated rings. The lowest BCUT2D eigenvalue weighted by atomic mass is 9.54. The van der Waals surface area contributed by atoms with Gasteiger partial charge in [0.15, 0.2) is 0 Å². The summed E-state index contributed by atoms with van der Waals surface area (Å²) < 4.78 is 35.5. The molecule has 0 aromatic heterocycles. The van der Waals surface area contributed by atoms with E-state index in [4.69, 9.17) is 4.74 Å². The van der Waals surface area contributed by atoms with E-state index in [1.807, 2.05) is 0 Å². The van der Waals surface area contributed by atoms with E-state index in [2.05, 4.69) is 30.4 Å². The molecule has 0 spiro atoms. The fraction of sp³-hybridized carbons (Fsp3) is 0.536. The molecule has 3 aliphatic rings. The van der Waals surface area contributed by atoms with Crippen LogP contribution in [0.2, 0.25) is 0 Å². The van der Waals surface area contributed by atoms with Crippen molar-refractivity contribution in [1.29, 1.82) is 0 Å². The number of carbonyl (C=O) groups is 1. The lowest BCUT2D eigenvalue weighted by molar-refractivity contribution is -0.144. The summed E-state index contributed by atoms with van der Waals surface area (Å²) in [5.41, 5.74) is 3.11. The van der Waals surface area contributed by atoms with Gasteiger partial charge in [-0.25, -0.2) is 0 Å². The molecule has 0 bridgehead atoms. The predicted molar refractivity (Wildman–Crippen MR) is 126 cm³/mol. The Morgan fingerprint density at radius 1 is 1.12 bits per heavy atom. The summed E-state index contributed by atoms with van der Waals surface area (Å²) in [7, 11) is 1.70. The number of ether oxygens (including phenoxy) is 1. The fourth-order valence-corrected chi connectivity index (χ4v) is 7.28. The summed E-state index contributed by atoms with van der Waals surface area (Å²) in [6, 6.07) is 15.0. The second-order valence-corrected chi connectivity index (χ2v) is 10.5. The average Bonchev–Trinajstić information content (AvgIpc) is 3.14. The number of benzene rings is 2. The van der Waals surface area contributed by atoms with Gasteiger partial charge in [-0.15, -0.1) is 0 Å².